The lowest BCUT2D eigenvalue weighted by Gasteiger charge is -2.15. The molecule has 0 aromatic carbocycles. The molecule has 1 fully saturated rings. The van der Waals surface area contributed by atoms with Crippen LogP contribution in [-0.2, 0) is 13.0 Å². The van der Waals surface area contributed by atoms with Gasteiger partial charge in [-0.3, -0.25) is 0 Å². The molecule has 3 nitrogen and oxygen atoms in total. The minimum absolute atomic E-state index is 0.616. The van der Waals surface area contributed by atoms with Crippen LogP contribution in [0, 0.1) is 5.92 Å². The maximum absolute atomic E-state index is 6.40. The molecule has 114 valence electrons. The summed E-state index contributed by atoms with van der Waals surface area (Å²) >= 11 is 1.90. The zero-order chi connectivity index (χ0) is 14.5. The van der Waals surface area contributed by atoms with E-state index in [-0.39, 0.29) is 0 Å². The first-order valence-electron chi connectivity index (χ1n) is 7.97. The minimum Gasteiger partial charge on any atom is -0.384 e. The van der Waals surface area contributed by atoms with E-state index in [0.717, 1.165) is 24.5 Å². The third-order valence-electron chi connectivity index (χ3n) is 4.14. The van der Waals surface area contributed by atoms with Crippen molar-refractivity contribution in [3.8, 4) is 0 Å². The quantitative estimate of drug-likeness (QED) is 0.771. The number of aryl methyl sites for hydroxylation is 1. The molecule has 2 rings (SSSR count). The second kappa shape index (κ2) is 7.39. The first-order chi connectivity index (χ1) is 9.63. The van der Waals surface area contributed by atoms with Gasteiger partial charge in [-0.25, -0.2) is 4.98 Å². The van der Waals surface area contributed by atoms with Gasteiger partial charge in [0, 0.05) is 12.5 Å². The van der Waals surface area contributed by atoms with E-state index in [0.29, 0.717) is 11.8 Å². The van der Waals surface area contributed by atoms with Crippen molar-refractivity contribution in [1.82, 2.24) is 9.55 Å². The van der Waals surface area contributed by atoms with Crippen LogP contribution in [0.1, 0.15) is 63.4 Å². The van der Waals surface area contributed by atoms with Gasteiger partial charge in [-0.05, 0) is 43.6 Å². The SMILES string of the molecule is CSCCCc1nc(C2CCCC2)n(CC(C)C)c1N. The van der Waals surface area contributed by atoms with E-state index in [1.54, 1.807) is 0 Å². The van der Waals surface area contributed by atoms with Crippen molar-refractivity contribution in [3.05, 3.63) is 11.5 Å². The molecule has 1 aromatic heterocycles. The topological polar surface area (TPSA) is 43.8 Å². The fourth-order valence-electron chi connectivity index (χ4n) is 3.16. The van der Waals surface area contributed by atoms with E-state index < -0.39 is 0 Å². The van der Waals surface area contributed by atoms with Crippen molar-refractivity contribution in [1.29, 1.82) is 0 Å². The molecule has 4 heteroatoms. The van der Waals surface area contributed by atoms with Crippen molar-refractivity contribution in [3.63, 3.8) is 0 Å². The molecule has 0 aliphatic heterocycles. The highest BCUT2D eigenvalue weighted by atomic mass is 32.2. The predicted molar refractivity (Wildman–Crippen MR) is 89.4 cm³/mol. The maximum atomic E-state index is 6.40. The fraction of sp³-hybridized carbons (Fsp3) is 0.812. The summed E-state index contributed by atoms with van der Waals surface area (Å²) in [6.07, 6.45) is 9.63. The Labute approximate surface area is 127 Å². The molecule has 20 heavy (non-hydrogen) atoms. The molecule has 2 N–H and O–H groups in total. The molecule has 1 aliphatic carbocycles. The number of nitrogens with two attached hydrogens (primary N) is 1. The predicted octanol–water partition coefficient (Wildman–Crippen LogP) is 4.07. The van der Waals surface area contributed by atoms with Crippen LogP contribution in [-0.4, -0.2) is 21.6 Å². The van der Waals surface area contributed by atoms with Crippen LogP contribution >= 0.6 is 11.8 Å². The van der Waals surface area contributed by atoms with E-state index in [9.17, 15) is 0 Å². The second-order valence-corrected chi connectivity index (χ2v) is 7.37. The molecule has 1 aromatic rings. The molecule has 1 heterocycles. The molecule has 0 spiro atoms. The molecule has 0 saturated heterocycles. The number of anilines is 1. The van der Waals surface area contributed by atoms with Crippen molar-refractivity contribution >= 4 is 17.6 Å². The Morgan fingerprint density at radius 2 is 2.05 bits per heavy atom. The zero-order valence-corrected chi connectivity index (χ0v) is 14.0. The lowest BCUT2D eigenvalue weighted by Crippen LogP contribution is -2.13. The third-order valence-corrected chi connectivity index (χ3v) is 4.84. The van der Waals surface area contributed by atoms with E-state index in [1.165, 1.54) is 43.7 Å². The zero-order valence-electron chi connectivity index (χ0n) is 13.2. The van der Waals surface area contributed by atoms with Gasteiger partial charge in [0.15, 0.2) is 0 Å². The van der Waals surface area contributed by atoms with Gasteiger partial charge < -0.3 is 10.3 Å². The highest BCUT2D eigenvalue weighted by molar-refractivity contribution is 7.98. The van der Waals surface area contributed by atoms with Gasteiger partial charge in [-0.15, -0.1) is 0 Å². The summed E-state index contributed by atoms with van der Waals surface area (Å²) < 4.78 is 2.31. The standard InChI is InChI=1S/C16H29N3S/c1-12(2)11-19-15(17)14(9-6-10-20-3)18-16(19)13-7-4-5-8-13/h12-13H,4-11,17H2,1-3H3. The number of hydrogen-bond acceptors (Lipinski definition) is 3. The Morgan fingerprint density at radius 3 is 2.65 bits per heavy atom. The molecule has 0 radical (unpaired) electrons. The van der Waals surface area contributed by atoms with Crippen LogP contribution < -0.4 is 5.73 Å². The summed E-state index contributed by atoms with van der Waals surface area (Å²) in [6.45, 7) is 5.52. The smallest absolute Gasteiger partial charge is 0.126 e. The van der Waals surface area contributed by atoms with Crippen LogP contribution in [0.15, 0.2) is 0 Å². The molecular weight excluding hydrogens is 266 g/mol. The molecule has 0 atom stereocenters. The minimum atomic E-state index is 0.616. The number of rotatable bonds is 7. The Morgan fingerprint density at radius 1 is 1.35 bits per heavy atom. The summed E-state index contributed by atoms with van der Waals surface area (Å²) in [5.41, 5.74) is 7.54. The van der Waals surface area contributed by atoms with Gasteiger partial charge in [-0.1, -0.05) is 26.7 Å². The van der Waals surface area contributed by atoms with E-state index >= 15 is 0 Å². The van der Waals surface area contributed by atoms with E-state index in [4.69, 9.17) is 10.7 Å². The Bertz CT molecular complexity index is 420. The third kappa shape index (κ3) is 3.72. The van der Waals surface area contributed by atoms with Crippen LogP contribution in [0.3, 0.4) is 0 Å². The average Bonchev–Trinajstić information content (AvgIpc) is 3.01. The first kappa shape index (κ1) is 15.7. The van der Waals surface area contributed by atoms with Gasteiger partial charge >= 0.3 is 0 Å². The van der Waals surface area contributed by atoms with Crippen molar-refractivity contribution < 1.29 is 0 Å². The van der Waals surface area contributed by atoms with Gasteiger partial charge in [0.05, 0.1) is 5.69 Å². The molecule has 0 bridgehead atoms. The molecule has 0 unspecified atom stereocenters. The normalized spacial score (nSPS) is 16.4. The number of thioether (sulfide) groups is 1. The Hall–Kier alpha value is -0.640. The molecule has 0 amide bonds. The van der Waals surface area contributed by atoms with E-state index in [2.05, 4.69) is 24.7 Å². The van der Waals surface area contributed by atoms with Crippen LogP contribution in [0.5, 0.6) is 0 Å². The summed E-state index contributed by atoms with van der Waals surface area (Å²) in [7, 11) is 0. The number of nitrogens with zero attached hydrogens (tertiary/aromatic N) is 2. The number of imidazole rings is 1. The first-order valence-corrected chi connectivity index (χ1v) is 9.36. The van der Waals surface area contributed by atoms with Gasteiger partial charge in [0.2, 0.25) is 0 Å². The van der Waals surface area contributed by atoms with E-state index in [1.807, 2.05) is 11.8 Å². The van der Waals surface area contributed by atoms with Crippen molar-refractivity contribution in [2.24, 2.45) is 5.92 Å². The van der Waals surface area contributed by atoms with Gasteiger partial charge in [-0.2, -0.15) is 11.8 Å². The van der Waals surface area contributed by atoms with Crippen molar-refractivity contribution in [2.45, 2.75) is 64.8 Å². The summed E-state index contributed by atoms with van der Waals surface area (Å²) in [4.78, 5) is 4.95. The fourth-order valence-corrected chi connectivity index (χ4v) is 3.59. The summed E-state index contributed by atoms with van der Waals surface area (Å²) in [5, 5.41) is 0. The summed E-state index contributed by atoms with van der Waals surface area (Å²) in [6, 6.07) is 0. The second-order valence-electron chi connectivity index (χ2n) is 6.38. The van der Waals surface area contributed by atoms with Crippen LogP contribution in [0.4, 0.5) is 5.82 Å². The molecular formula is C16H29N3S. The Kier molecular flexibility index (Phi) is 5.82. The number of aromatic nitrogens is 2. The summed E-state index contributed by atoms with van der Waals surface area (Å²) in [5.74, 6) is 4.65. The van der Waals surface area contributed by atoms with Gasteiger partial charge in [0.25, 0.3) is 0 Å². The highest BCUT2D eigenvalue weighted by Gasteiger charge is 2.25. The highest BCUT2D eigenvalue weighted by Crippen LogP contribution is 2.35. The van der Waals surface area contributed by atoms with Gasteiger partial charge in [0.1, 0.15) is 11.6 Å². The number of nitrogen functional groups attached to an aromatic ring is 1. The lowest BCUT2D eigenvalue weighted by molar-refractivity contribution is 0.492. The largest absolute Gasteiger partial charge is 0.384 e. The van der Waals surface area contributed by atoms with Crippen LogP contribution in [0.25, 0.3) is 0 Å². The molecule has 1 aliphatic rings. The van der Waals surface area contributed by atoms with Crippen LogP contribution in [0.2, 0.25) is 0 Å². The lowest BCUT2D eigenvalue weighted by atomic mass is 10.1. The number of hydrogen-bond donors (Lipinski definition) is 1. The maximum Gasteiger partial charge on any atom is 0.126 e. The average molecular weight is 295 g/mol. The Balaban J connectivity index is 2.20. The van der Waals surface area contributed by atoms with Crippen molar-refractivity contribution in [2.75, 3.05) is 17.7 Å². The molecule has 1 saturated carbocycles. The monoisotopic (exact) mass is 295 g/mol.